The van der Waals surface area contributed by atoms with Crippen molar-refractivity contribution in [1.82, 2.24) is 0 Å². The standard InChI is InChI=1S/C27H18.2C5H10O2.Ti/c1-3-11-22-20(7-1)16-26-18(9-5-13-24(22)26)15-19-10-6-14-25-23-12-4-2-8-21(23)17-27(19)25;2*1-5(2,3)4(6)7;/h1-14,16-17H,15H2;2*1-3H3,(H,6,7);/q;;;+2/p-2. The Kier molecular flexibility index (Phi) is 6.04. The summed E-state index contributed by atoms with van der Waals surface area (Å²) in [6, 6.07) is 29.8. The van der Waals surface area contributed by atoms with E-state index in [0.717, 1.165) is 50.9 Å². The monoisotopic (exact) mass is 592 g/mol. The number of hydrogen-bond acceptors (Lipinski definition) is 4. The van der Waals surface area contributed by atoms with Gasteiger partial charge in [-0.3, -0.25) is 0 Å². The molecule has 0 spiro atoms. The van der Waals surface area contributed by atoms with Crippen LogP contribution in [0, 0.1) is 10.8 Å². The van der Waals surface area contributed by atoms with Crippen molar-refractivity contribution in [2.24, 2.45) is 10.8 Å². The summed E-state index contributed by atoms with van der Waals surface area (Å²) in [6.45, 7) is 11.3. The predicted octanol–water partition coefficient (Wildman–Crippen LogP) is 8.59. The van der Waals surface area contributed by atoms with Gasteiger partial charge in [0.05, 0.1) is 0 Å². The van der Waals surface area contributed by atoms with Gasteiger partial charge in [0.25, 0.3) is 0 Å². The third kappa shape index (κ3) is 3.92. The van der Waals surface area contributed by atoms with Crippen molar-refractivity contribution < 1.29 is 33.6 Å². The van der Waals surface area contributed by atoms with E-state index in [0.29, 0.717) is 0 Å². The van der Waals surface area contributed by atoms with Crippen LogP contribution < -0.4 is 0 Å². The number of hydrogen-bond donors (Lipinski definition) is 0. The van der Waals surface area contributed by atoms with Crippen molar-refractivity contribution in [1.29, 1.82) is 0 Å². The van der Waals surface area contributed by atoms with Crippen molar-refractivity contribution in [2.75, 3.05) is 0 Å². The second-order valence-electron chi connectivity index (χ2n) is 14.0. The van der Waals surface area contributed by atoms with E-state index in [9.17, 15) is 9.59 Å². The molecular weight excluding hydrogens is 556 g/mol. The van der Waals surface area contributed by atoms with Crippen LogP contribution in [0.4, 0.5) is 0 Å². The number of fused-ring (bicyclic) bond motifs is 6. The maximum absolute atomic E-state index is 14.2. The van der Waals surface area contributed by atoms with Crippen LogP contribution in [-0.2, 0) is 40.0 Å². The summed E-state index contributed by atoms with van der Waals surface area (Å²) in [7, 11) is 0. The zero-order valence-corrected chi connectivity index (χ0v) is 26.6. The Labute approximate surface area is 252 Å². The fourth-order valence-electron chi connectivity index (χ4n) is 7.05. The number of carbonyl (C=O) groups excluding carboxylic acids is 2. The molecule has 5 heteroatoms. The summed E-state index contributed by atoms with van der Waals surface area (Å²) in [5.41, 5.74) is 9.88. The van der Waals surface area contributed by atoms with Crippen LogP contribution >= 0.6 is 0 Å². The van der Waals surface area contributed by atoms with E-state index in [1.54, 1.807) is 0 Å². The minimum atomic E-state index is -4.77. The van der Waals surface area contributed by atoms with Crippen molar-refractivity contribution in [3.05, 3.63) is 118 Å². The van der Waals surface area contributed by atoms with Gasteiger partial charge in [-0.25, -0.2) is 0 Å². The normalized spacial score (nSPS) is 19.0. The molecule has 4 nitrogen and oxygen atoms in total. The number of benzene rings is 4. The molecule has 0 amide bonds. The van der Waals surface area contributed by atoms with E-state index in [4.69, 9.17) is 6.64 Å². The predicted molar refractivity (Wildman–Crippen MR) is 161 cm³/mol. The molecule has 0 bridgehead atoms. The van der Waals surface area contributed by atoms with Crippen LogP contribution in [-0.4, -0.2) is 11.9 Å². The van der Waals surface area contributed by atoms with Gasteiger partial charge in [0, 0.05) is 0 Å². The first kappa shape index (κ1) is 27.4. The summed E-state index contributed by atoms with van der Waals surface area (Å²) in [4.78, 5) is 28.4. The molecule has 2 unspecified atom stereocenters. The first-order valence-corrected chi connectivity index (χ1v) is 17.9. The van der Waals surface area contributed by atoms with Crippen molar-refractivity contribution >= 4 is 11.9 Å². The average Bonchev–Trinajstić information content (AvgIpc) is 3.46. The molecule has 1 aliphatic heterocycles. The number of carbonyl (C=O) groups is 2. The van der Waals surface area contributed by atoms with Gasteiger partial charge < -0.3 is 0 Å². The Balaban J connectivity index is 1.65. The fourth-order valence-corrected chi connectivity index (χ4v) is 14.7. The molecule has 0 saturated heterocycles. The van der Waals surface area contributed by atoms with Crippen molar-refractivity contribution in [2.45, 2.75) is 56.4 Å². The number of rotatable bonds is 2. The Morgan fingerprint density at radius 3 is 1.36 bits per heavy atom. The molecule has 7 rings (SSSR count). The van der Waals surface area contributed by atoms with E-state index in [-0.39, 0.29) is 20.4 Å². The van der Waals surface area contributed by atoms with Gasteiger partial charge in [-0.1, -0.05) is 0 Å². The van der Waals surface area contributed by atoms with Crippen LogP contribution in [0.3, 0.4) is 0 Å². The molecule has 212 valence electrons. The van der Waals surface area contributed by atoms with E-state index >= 15 is 0 Å². The molecule has 4 aromatic carbocycles. The van der Waals surface area contributed by atoms with Crippen LogP contribution in [0.15, 0.2) is 84.9 Å². The quantitative estimate of drug-likeness (QED) is 0.219. The zero-order chi connectivity index (χ0) is 29.6. The molecule has 0 radical (unpaired) electrons. The molecule has 0 saturated carbocycles. The summed E-state index contributed by atoms with van der Waals surface area (Å²) in [6.07, 6.45) is 0.764. The molecule has 0 aromatic heterocycles. The molecule has 2 atom stereocenters. The SMILES string of the molecule is CC(C)(C)C(=O)[O][Ti]1([O]C(=O)C(C)(C)C)[CH]2c3ccccc3-c3cccc(c32)Cc2cccc3c2[CH]1c1ccccc1-3. The van der Waals surface area contributed by atoms with Gasteiger partial charge in [0.15, 0.2) is 0 Å². The molecule has 1 heterocycles. The topological polar surface area (TPSA) is 52.6 Å². The van der Waals surface area contributed by atoms with Gasteiger partial charge in [0.2, 0.25) is 0 Å². The van der Waals surface area contributed by atoms with Crippen LogP contribution in [0.5, 0.6) is 0 Å². The molecule has 0 fully saturated rings. The maximum atomic E-state index is 14.2. The average molecular weight is 593 g/mol. The van der Waals surface area contributed by atoms with Gasteiger partial charge >= 0.3 is 253 Å². The zero-order valence-electron chi connectivity index (χ0n) is 25.1. The Hall–Kier alpha value is -3.47. The van der Waals surface area contributed by atoms with Crippen molar-refractivity contribution in [3.63, 3.8) is 0 Å². The van der Waals surface area contributed by atoms with Crippen molar-refractivity contribution in [3.8, 4) is 22.3 Å². The minimum absolute atomic E-state index is 0.323. The van der Waals surface area contributed by atoms with E-state index in [1.807, 2.05) is 41.5 Å². The Morgan fingerprint density at radius 2 is 0.952 bits per heavy atom. The molecule has 0 N–H and O–H groups in total. The first-order chi connectivity index (χ1) is 19.9. The fraction of sp³-hybridized carbons (Fsp3) is 0.297. The molecule has 3 aliphatic rings. The molecule has 42 heavy (non-hydrogen) atoms. The summed E-state index contributed by atoms with van der Waals surface area (Å²) in [5.74, 6) is -0.645. The second-order valence-corrected chi connectivity index (χ2v) is 18.7. The molecule has 4 aromatic rings. The van der Waals surface area contributed by atoms with Crippen LogP contribution in [0.2, 0.25) is 0 Å². The molecular formula is C37H36O4Ti. The summed E-state index contributed by atoms with van der Waals surface area (Å²) in [5, 5.41) is 0. The Morgan fingerprint density at radius 1 is 0.571 bits per heavy atom. The molecule has 2 aliphatic carbocycles. The Bertz CT molecular complexity index is 1660. The van der Waals surface area contributed by atoms with Gasteiger partial charge in [0.1, 0.15) is 0 Å². The summed E-state index contributed by atoms with van der Waals surface area (Å²) >= 11 is -4.77. The third-order valence-electron chi connectivity index (χ3n) is 9.01. The van der Waals surface area contributed by atoms with Crippen LogP contribution in [0.1, 0.15) is 83.4 Å². The van der Waals surface area contributed by atoms with E-state index < -0.39 is 28.2 Å². The van der Waals surface area contributed by atoms with Crippen LogP contribution in [0.25, 0.3) is 22.3 Å². The third-order valence-corrected chi connectivity index (χ3v) is 15.0. The second kappa shape index (κ2) is 9.27. The summed E-state index contributed by atoms with van der Waals surface area (Å²) < 4.78 is 13.4. The van der Waals surface area contributed by atoms with Gasteiger partial charge in [-0.05, 0) is 0 Å². The van der Waals surface area contributed by atoms with E-state index in [1.165, 1.54) is 11.1 Å². The van der Waals surface area contributed by atoms with Gasteiger partial charge in [-0.15, -0.1) is 0 Å². The van der Waals surface area contributed by atoms with E-state index in [2.05, 4.69) is 84.9 Å². The first-order valence-electron chi connectivity index (χ1n) is 14.8. The van der Waals surface area contributed by atoms with Gasteiger partial charge in [-0.2, -0.15) is 0 Å².